The lowest BCUT2D eigenvalue weighted by atomic mass is 10.1. The van der Waals surface area contributed by atoms with Gasteiger partial charge in [-0.2, -0.15) is 0 Å². The van der Waals surface area contributed by atoms with Gasteiger partial charge in [-0.1, -0.05) is 48.9 Å². The van der Waals surface area contributed by atoms with Gasteiger partial charge in [0.25, 0.3) is 0 Å². The minimum atomic E-state index is -0.682. The molecule has 41 heavy (non-hydrogen) atoms. The van der Waals surface area contributed by atoms with E-state index in [0.29, 0.717) is 23.7 Å². The van der Waals surface area contributed by atoms with Gasteiger partial charge in [-0.05, 0) is 62.9 Å². The molecule has 0 radical (unpaired) electrons. The third kappa shape index (κ3) is 13.9. The van der Waals surface area contributed by atoms with Gasteiger partial charge in [0.15, 0.2) is 0 Å². The van der Waals surface area contributed by atoms with E-state index in [0.717, 1.165) is 17.5 Å². The van der Waals surface area contributed by atoms with Crippen LogP contribution in [-0.2, 0) is 32.0 Å². The molecule has 4 N–H and O–H groups in total. The second kappa shape index (κ2) is 17.1. The van der Waals surface area contributed by atoms with E-state index >= 15 is 0 Å². The molecule has 0 saturated heterocycles. The number of aryl methyl sites for hydroxylation is 1. The maximum absolute atomic E-state index is 12.9. The van der Waals surface area contributed by atoms with Crippen molar-refractivity contribution in [3.05, 3.63) is 64.7 Å². The van der Waals surface area contributed by atoms with Crippen molar-refractivity contribution in [2.24, 2.45) is 0 Å². The van der Waals surface area contributed by atoms with E-state index < -0.39 is 17.8 Å². The van der Waals surface area contributed by atoms with E-state index in [4.69, 9.17) is 21.1 Å². The van der Waals surface area contributed by atoms with Crippen molar-refractivity contribution in [2.75, 3.05) is 31.6 Å². The third-order valence-electron chi connectivity index (χ3n) is 5.55. The molecule has 0 saturated carbocycles. The molecule has 2 rings (SSSR count). The zero-order chi connectivity index (χ0) is 30.3. The molecular formula is C29H40ClN5O6. The summed E-state index contributed by atoms with van der Waals surface area (Å²) >= 11 is 6.24. The number of ether oxygens (including phenoxy) is 2. The number of anilines is 1. The molecule has 11 nitrogen and oxygen atoms in total. The number of hydrogen-bond donors (Lipinski definition) is 4. The van der Waals surface area contributed by atoms with Crippen molar-refractivity contribution in [1.82, 2.24) is 21.1 Å². The minimum Gasteiger partial charge on any atom is -0.449 e. The van der Waals surface area contributed by atoms with Crippen LogP contribution in [0.1, 0.15) is 51.7 Å². The first-order valence-electron chi connectivity index (χ1n) is 13.5. The molecule has 0 spiro atoms. The van der Waals surface area contributed by atoms with Gasteiger partial charge >= 0.3 is 12.2 Å². The highest BCUT2D eigenvalue weighted by atomic mass is 35.5. The van der Waals surface area contributed by atoms with Gasteiger partial charge in [-0.3, -0.25) is 19.9 Å². The number of halogens is 1. The van der Waals surface area contributed by atoms with E-state index in [-0.39, 0.29) is 44.5 Å². The largest absolute Gasteiger partial charge is 0.449 e. The van der Waals surface area contributed by atoms with Crippen LogP contribution in [0, 0.1) is 0 Å². The molecule has 224 valence electrons. The molecule has 0 aromatic heterocycles. The quantitative estimate of drug-likeness (QED) is 0.189. The van der Waals surface area contributed by atoms with Crippen LogP contribution in [0.4, 0.5) is 15.3 Å². The summed E-state index contributed by atoms with van der Waals surface area (Å²) in [7, 11) is 0. The normalized spacial score (nSPS) is 10.9. The number of hydrazine groups is 1. The van der Waals surface area contributed by atoms with E-state index in [9.17, 15) is 19.2 Å². The Hall–Kier alpha value is -3.83. The fourth-order valence-corrected chi connectivity index (χ4v) is 3.65. The Morgan fingerprint density at radius 2 is 1.66 bits per heavy atom. The van der Waals surface area contributed by atoms with Crippen LogP contribution >= 0.6 is 11.6 Å². The number of nitrogens with one attached hydrogen (secondary N) is 4. The molecule has 12 heteroatoms. The van der Waals surface area contributed by atoms with Gasteiger partial charge in [-0.25, -0.2) is 15.0 Å². The number of benzene rings is 2. The SMILES string of the molecule is CCc1ccc(NC(=O)OCCC(=O)N(CCCNC(=O)CNC(=O)OC(C)(C)C)NCc2ccccc2Cl)cc1. The monoisotopic (exact) mass is 589 g/mol. The zero-order valence-corrected chi connectivity index (χ0v) is 24.8. The Morgan fingerprint density at radius 1 is 0.951 bits per heavy atom. The number of amides is 4. The first-order chi connectivity index (χ1) is 19.5. The first kappa shape index (κ1) is 33.4. The topological polar surface area (TPSA) is 138 Å². The summed E-state index contributed by atoms with van der Waals surface area (Å²) in [6.07, 6.45) is -0.0666. The van der Waals surface area contributed by atoms with Gasteiger partial charge in [0.1, 0.15) is 12.2 Å². The number of hydrogen-bond acceptors (Lipinski definition) is 7. The number of rotatable bonds is 14. The van der Waals surface area contributed by atoms with Crippen molar-refractivity contribution < 1.29 is 28.7 Å². The number of alkyl carbamates (subject to hydrolysis) is 1. The fraction of sp³-hybridized carbons (Fsp3) is 0.448. The third-order valence-corrected chi connectivity index (χ3v) is 5.92. The molecule has 2 aromatic rings. The summed E-state index contributed by atoms with van der Waals surface area (Å²) in [5.41, 5.74) is 4.96. The smallest absolute Gasteiger partial charge is 0.411 e. The summed E-state index contributed by atoms with van der Waals surface area (Å²) in [6.45, 7) is 7.71. The average molecular weight is 590 g/mol. The highest BCUT2D eigenvalue weighted by Gasteiger charge is 2.17. The van der Waals surface area contributed by atoms with Gasteiger partial charge in [0.2, 0.25) is 11.8 Å². The van der Waals surface area contributed by atoms with Gasteiger partial charge in [0.05, 0.1) is 13.0 Å². The van der Waals surface area contributed by atoms with Crippen LogP contribution in [0.25, 0.3) is 0 Å². The molecule has 0 aliphatic rings. The molecule has 0 bridgehead atoms. The van der Waals surface area contributed by atoms with E-state index in [2.05, 4.69) is 21.4 Å². The molecule has 2 aromatic carbocycles. The van der Waals surface area contributed by atoms with Crippen LogP contribution < -0.4 is 21.4 Å². The summed E-state index contributed by atoms with van der Waals surface area (Å²) in [6, 6.07) is 14.7. The van der Waals surface area contributed by atoms with Crippen LogP contribution in [0.3, 0.4) is 0 Å². The molecule has 0 unspecified atom stereocenters. The lowest BCUT2D eigenvalue weighted by molar-refractivity contribution is -0.135. The van der Waals surface area contributed by atoms with E-state index in [1.165, 1.54) is 5.01 Å². The van der Waals surface area contributed by atoms with Crippen molar-refractivity contribution in [2.45, 2.75) is 59.1 Å². The molecule has 0 aliphatic heterocycles. The molecule has 0 atom stereocenters. The first-order valence-corrected chi connectivity index (χ1v) is 13.9. The predicted molar refractivity (Wildman–Crippen MR) is 157 cm³/mol. The Balaban J connectivity index is 1.81. The van der Waals surface area contributed by atoms with Crippen LogP contribution in [-0.4, -0.2) is 60.9 Å². The molecule has 0 heterocycles. The predicted octanol–water partition coefficient (Wildman–Crippen LogP) is 4.41. The van der Waals surface area contributed by atoms with Crippen LogP contribution in [0.2, 0.25) is 5.02 Å². The fourth-order valence-electron chi connectivity index (χ4n) is 3.45. The second-order valence-electron chi connectivity index (χ2n) is 10.1. The Morgan fingerprint density at radius 3 is 2.32 bits per heavy atom. The summed E-state index contributed by atoms with van der Waals surface area (Å²) < 4.78 is 10.3. The number of carbonyl (C=O) groups excluding carboxylic acids is 4. The summed E-state index contributed by atoms with van der Waals surface area (Å²) in [4.78, 5) is 48.9. The highest BCUT2D eigenvalue weighted by molar-refractivity contribution is 6.31. The van der Waals surface area contributed by atoms with Gasteiger partial charge < -0.3 is 20.1 Å². The van der Waals surface area contributed by atoms with Crippen molar-refractivity contribution >= 4 is 41.3 Å². The average Bonchev–Trinajstić information content (AvgIpc) is 2.91. The molecular weight excluding hydrogens is 550 g/mol. The van der Waals surface area contributed by atoms with Crippen molar-refractivity contribution in [3.8, 4) is 0 Å². The Kier molecular flexibility index (Phi) is 13.9. The Labute approximate surface area is 246 Å². The molecule has 0 fully saturated rings. The number of carbonyl (C=O) groups is 4. The Bertz CT molecular complexity index is 1150. The van der Waals surface area contributed by atoms with Crippen LogP contribution in [0.5, 0.6) is 0 Å². The zero-order valence-electron chi connectivity index (χ0n) is 24.1. The van der Waals surface area contributed by atoms with Crippen molar-refractivity contribution in [1.29, 1.82) is 0 Å². The minimum absolute atomic E-state index is 0.0517. The second-order valence-corrected chi connectivity index (χ2v) is 10.5. The van der Waals surface area contributed by atoms with Crippen molar-refractivity contribution in [3.63, 3.8) is 0 Å². The summed E-state index contributed by atoms with van der Waals surface area (Å²) in [5, 5.41) is 9.70. The summed E-state index contributed by atoms with van der Waals surface area (Å²) in [5.74, 6) is -0.684. The molecule has 0 aliphatic carbocycles. The molecule has 4 amide bonds. The lowest BCUT2D eigenvalue weighted by Gasteiger charge is -2.24. The van der Waals surface area contributed by atoms with E-state index in [1.807, 2.05) is 37.3 Å². The standard InChI is InChI=1S/C29H40ClN5O6/c1-5-21-11-13-23(14-12-21)34-28(39)40-18-15-26(37)35(33-19-22-9-6-7-10-24(22)30)17-8-16-31-25(36)20-32-27(38)41-29(2,3)4/h6-7,9-14,33H,5,8,15-20H2,1-4H3,(H,31,36)(H,32,38)(H,34,39). The highest BCUT2D eigenvalue weighted by Crippen LogP contribution is 2.15. The maximum Gasteiger partial charge on any atom is 0.411 e. The van der Waals surface area contributed by atoms with Gasteiger partial charge in [0, 0.05) is 30.3 Å². The van der Waals surface area contributed by atoms with Crippen LogP contribution in [0.15, 0.2) is 48.5 Å². The maximum atomic E-state index is 12.9. The number of nitrogens with zero attached hydrogens (tertiary/aromatic N) is 1. The van der Waals surface area contributed by atoms with Gasteiger partial charge in [-0.15, -0.1) is 0 Å². The lowest BCUT2D eigenvalue weighted by Crippen LogP contribution is -2.45. The van der Waals surface area contributed by atoms with E-state index in [1.54, 1.807) is 39.0 Å².